The molecule has 1 aliphatic carbocycles. The van der Waals surface area contributed by atoms with Crippen LogP contribution in [0.1, 0.15) is 53.4 Å². The van der Waals surface area contributed by atoms with Crippen LogP contribution >= 0.6 is 11.3 Å². The molecule has 19 heavy (non-hydrogen) atoms. The second-order valence-corrected chi connectivity index (χ2v) is 7.01. The van der Waals surface area contributed by atoms with Crippen LogP contribution in [0.5, 0.6) is 0 Å². The van der Waals surface area contributed by atoms with Crippen molar-refractivity contribution in [3.63, 3.8) is 0 Å². The zero-order chi connectivity index (χ0) is 13.5. The van der Waals surface area contributed by atoms with Gasteiger partial charge < -0.3 is 10.0 Å². The van der Waals surface area contributed by atoms with Gasteiger partial charge in [-0.05, 0) is 51.0 Å². The van der Waals surface area contributed by atoms with Crippen molar-refractivity contribution < 1.29 is 9.90 Å². The molecule has 0 atom stereocenters. The molecule has 0 unspecified atom stereocenters. The molecule has 0 saturated carbocycles. The second kappa shape index (κ2) is 4.91. The summed E-state index contributed by atoms with van der Waals surface area (Å²) in [6.07, 6.45) is 6.04. The van der Waals surface area contributed by atoms with Crippen molar-refractivity contribution in [1.29, 1.82) is 0 Å². The number of aryl methyl sites for hydroxylation is 1. The average molecular weight is 279 g/mol. The molecule has 1 saturated heterocycles. The number of likely N-dealkylation sites (tertiary alicyclic amines) is 1. The third kappa shape index (κ3) is 2.56. The van der Waals surface area contributed by atoms with Gasteiger partial charge in [0.1, 0.15) is 0 Å². The van der Waals surface area contributed by atoms with Crippen LogP contribution in [0.4, 0.5) is 0 Å². The standard InChI is InChI=1S/C15H21NO2S/c1-15(18)6-8-16(9-7-15)14(17)12-10-19-13-5-3-2-4-11(12)13/h10,18H,2-9H2,1H3. The SMILES string of the molecule is CC1(O)CCN(C(=O)c2csc3c2CCCC3)CC1. The molecule has 0 aromatic carbocycles. The molecule has 104 valence electrons. The third-order valence-electron chi connectivity index (χ3n) is 4.42. The van der Waals surface area contributed by atoms with Crippen LogP contribution in [0.25, 0.3) is 0 Å². The van der Waals surface area contributed by atoms with Crippen molar-refractivity contribution in [3.8, 4) is 0 Å². The fraction of sp³-hybridized carbons (Fsp3) is 0.667. The molecule has 1 aliphatic heterocycles. The molecular weight excluding hydrogens is 258 g/mol. The maximum absolute atomic E-state index is 12.6. The van der Waals surface area contributed by atoms with Crippen LogP contribution in [0, 0.1) is 0 Å². The zero-order valence-corrected chi connectivity index (χ0v) is 12.3. The van der Waals surface area contributed by atoms with Gasteiger partial charge in [-0.1, -0.05) is 0 Å². The number of fused-ring (bicyclic) bond motifs is 1. The van der Waals surface area contributed by atoms with E-state index in [-0.39, 0.29) is 5.91 Å². The topological polar surface area (TPSA) is 40.5 Å². The lowest BCUT2D eigenvalue weighted by atomic mass is 9.92. The van der Waals surface area contributed by atoms with E-state index in [1.54, 1.807) is 11.3 Å². The molecule has 4 heteroatoms. The van der Waals surface area contributed by atoms with Crippen molar-refractivity contribution in [2.45, 2.75) is 51.0 Å². The predicted octanol–water partition coefficient (Wildman–Crippen LogP) is 2.61. The Morgan fingerprint density at radius 3 is 2.74 bits per heavy atom. The first-order valence-corrected chi connectivity index (χ1v) is 8.06. The summed E-state index contributed by atoms with van der Waals surface area (Å²) in [6, 6.07) is 0. The molecule has 2 aliphatic rings. The molecule has 1 aromatic rings. The van der Waals surface area contributed by atoms with Gasteiger partial charge in [0.05, 0.1) is 11.2 Å². The van der Waals surface area contributed by atoms with E-state index in [0.29, 0.717) is 25.9 Å². The lowest BCUT2D eigenvalue weighted by molar-refractivity contribution is -0.00204. The van der Waals surface area contributed by atoms with Crippen molar-refractivity contribution in [3.05, 3.63) is 21.4 Å². The Morgan fingerprint density at radius 2 is 2.00 bits per heavy atom. The van der Waals surface area contributed by atoms with Crippen molar-refractivity contribution >= 4 is 17.2 Å². The highest BCUT2D eigenvalue weighted by atomic mass is 32.1. The summed E-state index contributed by atoms with van der Waals surface area (Å²) in [5.41, 5.74) is 1.64. The first-order chi connectivity index (χ1) is 9.07. The largest absolute Gasteiger partial charge is 0.390 e. The quantitative estimate of drug-likeness (QED) is 0.858. The van der Waals surface area contributed by atoms with Crippen LogP contribution in [-0.4, -0.2) is 34.6 Å². The Hall–Kier alpha value is -0.870. The van der Waals surface area contributed by atoms with Gasteiger partial charge >= 0.3 is 0 Å². The van der Waals surface area contributed by atoms with Gasteiger partial charge in [-0.3, -0.25) is 4.79 Å². The lowest BCUT2D eigenvalue weighted by Crippen LogP contribution is -2.45. The van der Waals surface area contributed by atoms with Crippen LogP contribution in [0.15, 0.2) is 5.38 Å². The Balaban J connectivity index is 1.76. The van der Waals surface area contributed by atoms with E-state index in [0.717, 1.165) is 18.4 Å². The Morgan fingerprint density at radius 1 is 1.32 bits per heavy atom. The molecule has 2 heterocycles. The van der Waals surface area contributed by atoms with E-state index in [4.69, 9.17) is 0 Å². The van der Waals surface area contributed by atoms with Crippen molar-refractivity contribution in [1.82, 2.24) is 4.90 Å². The number of nitrogens with zero attached hydrogens (tertiary/aromatic N) is 1. The minimum atomic E-state index is -0.592. The number of rotatable bonds is 1. The Bertz CT molecular complexity index is 482. The lowest BCUT2D eigenvalue weighted by Gasteiger charge is -2.36. The van der Waals surface area contributed by atoms with Gasteiger partial charge in [-0.2, -0.15) is 0 Å². The van der Waals surface area contributed by atoms with Crippen LogP contribution in [0.2, 0.25) is 0 Å². The van der Waals surface area contributed by atoms with E-state index in [1.165, 1.54) is 23.3 Å². The van der Waals surface area contributed by atoms with Gasteiger partial charge in [-0.15, -0.1) is 11.3 Å². The first kappa shape index (κ1) is 13.1. The summed E-state index contributed by atoms with van der Waals surface area (Å²) in [4.78, 5) is 15.9. The van der Waals surface area contributed by atoms with Crippen molar-refractivity contribution in [2.75, 3.05) is 13.1 Å². The molecular formula is C15H21NO2S. The van der Waals surface area contributed by atoms with Crippen LogP contribution in [0.3, 0.4) is 0 Å². The maximum atomic E-state index is 12.6. The predicted molar refractivity (Wildman–Crippen MR) is 76.7 cm³/mol. The fourth-order valence-corrected chi connectivity index (χ4v) is 4.15. The highest BCUT2D eigenvalue weighted by molar-refractivity contribution is 7.10. The average Bonchev–Trinajstić information content (AvgIpc) is 2.82. The number of thiophene rings is 1. The molecule has 3 nitrogen and oxygen atoms in total. The number of aliphatic hydroxyl groups is 1. The molecule has 1 N–H and O–H groups in total. The fourth-order valence-electron chi connectivity index (χ4n) is 3.04. The van der Waals surface area contributed by atoms with Crippen molar-refractivity contribution in [2.24, 2.45) is 0 Å². The van der Waals surface area contributed by atoms with Gasteiger partial charge in [0.2, 0.25) is 0 Å². The maximum Gasteiger partial charge on any atom is 0.254 e. The minimum absolute atomic E-state index is 0.176. The summed E-state index contributed by atoms with van der Waals surface area (Å²) in [5.74, 6) is 0.176. The van der Waals surface area contributed by atoms with Crippen LogP contribution in [-0.2, 0) is 12.8 Å². The zero-order valence-electron chi connectivity index (χ0n) is 11.4. The van der Waals surface area contributed by atoms with E-state index < -0.39 is 5.60 Å². The van der Waals surface area contributed by atoms with E-state index in [9.17, 15) is 9.90 Å². The molecule has 3 rings (SSSR count). The number of hydrogen-bond donors (Lipinski definition) is 1. The van der Waals surface area contributed by atoms with E-state index >= 15 is 0 Å². The smallest absolute Gasteiger partial charge is 0.254 e. The normalized spacial score (nSPS) is 22.1. The summed E-state index contributed by atoms with van der Waals surface area (Å²) < 4.78 is 0. The van der Waals surface area contributed by atoms with Crippen LogP contribution < -0.4 is 0 Å². The minimum Gasteiger partial charge on any atom is -0.390 e. The molecule has 0 radical (unpaired) electrons. The molecule has 1 aromatic heterocycles. The second-order valence-electron chi connectivity index (χ2n) is 6.05. The summed E-state index contributed by atoms with van der Waals surface area (Å²) >= 11 is 1.75. The first-order valence-electron chi connectivity index (χ1n) is 7.18. The number of carbonyl (C=O) groups excluding carboxylic acids is 1. The van der Waals surface area contributed by atoms with E-state index in [1.807, 2.05) is 17.2 Å². The number of carbonyl (C=O) groups is 1. The third-order valence-corrected chi connectivity index (χ3v) is 5.51. The summed E-state index contributed by atoms with van der Waals surface area (Å²) in [7, 11) is 0. The van der Waals surface area contributed by atoms with Gasteiger partial charge in [0, 0.05) is 23.3 Å². The Labute approximate surface area is 118 Å². The number of piperidine rings is 1. The van der Waals surface area contributed by atoms with E-state index in [2.05, 4.69) is 0 Å². The van der Waals surface area contributed by atoms with Gasteiger partial charge in [0.25, 0.3) is 5.91 Å². The highest BCUT2D eigenvalue weighted by Gasteiger charge is 2.31. The molecule has 0 spiro atoms. The summed E-state index contributed by atoms with van der Waals surface area (Å²) in [6.45, 7) is 3.22. The highest BCUT2D eigenvalue weighted by Crippen LogP contribution is 2.32. The summed E-state index contributed by atoms with van der Waals surface area (Å²) in [5, 5.41) is 12.0. The number of amides is 1. The molecule has 1 amide bonds. The molecule has 0 bridgehead atoms. The number of hydrogen-bond acceptors (Lipinski definition) is 3. The molecule has 1 fully saturated rings. The Kier molecular flexibility index (Phi) is 3.39. The van der Waals surface area contributed by atoms with Gasteiger partial charge in [0.15, 0.2) is 0 Å². The monoisotopic (exact) mass is 279 g/mol. The van der Waals surface area contributed by atoms with Gasteiger partial charge in [-0.25, -0.2) is 0 Å².